The van der Waals surface area contributed by atoms with Gasteiger partial charge in [0.05, 0.1) is 6.04 Å². The fourth-order valence-electron chi connectivity index (χ4n) is 3.30. The molecule has 3 rings (SSSR count). The molecule has 0 fully saturated rings. The summed E-state index contributed by atoms with van der Waals surface area (Å²) in [6.07, 6.45) is 1.12. The number of halogens is 3. The van der Waals surface area contributed by atoms with Crippen molar-refractivity contribution >= 4 is 59.0 Å². The fourth-order valence-corrected chi connectivity index (χ4v) is 3.87. The third-order valence-electron chi connectivity index (χ3n) is 4.82. The third kappa shape index (κ3) is 6.49. The van der Waals surface area contributed by atoms with Crippen LogP contribution in [-0.4, -0.2) is 23.3 Å². The zero-order valence-electron chi connectivity index (χ0n) is 16.2. The number of guanidine groups is 1. The quantitative estimate of drug-likeness (QED) is 0.234. The van der Waals surface area contributed by atoms with E-state index in [0.717, 1.165) is 5.56 Å². The SMILES string of the molecule is CC(NC(N)=NCCCC(=O)N1Cc2ccccc2C1)c1ccc(Cl)cc1Cl.I. The number of carbonyl (C=O) groups excluding carboxylic acids is 1. The van der Waals surface area contributed by atoms with Crippen LogP contribution in [-0.2, 0) is 17.9 Å². The summed E-state index contributed by atoms with van der Waals surface area (Å²) >= 11 is 12.1. The number of fused-ring (bicyclic) bond motifs is 1. The van der Waals surface area contributed by atoms with E-state index < -0.39 is 0 Å². The predicted molar refractivity (Wildman–Crippen MR) is 130 cm³/mol. The maximum Gasteiger partial charge on any atom is 0.223 e. The lowest BCUT2D eigenvalue weighted by Gasteiger charge is -2.17. The van der Waals surface area contributed by atoms with Gasteiger partial charge in [0.1, 0.15) is 0 Å². The lowest BCUT2D eigenvalue weighted by molar-refractivity contribution is -0.131. The molecule has 1 amide bonds. The van der Waals surface area contributed by atoms with Crippen LogP contribution in [0.1, 0.15) is 42.5 Å². The number of hydrogen-bond acceptors (Lipinski definition) is 2. The van der Waals surface area contributed by atoms with Gasteiger partial charge in [-0.1, -0.05) is 53.5 Å². The number of carbonyl (C=O) groups is 1. The number of amides is 1. The van der Waals surface area contributed by atoms with Crippen LogP contribution >= 0.6 is 47.2 Å². The number of hydrogen-bond donors (Lipinski definition) is 2. The Balaban J connectivity index is 0.00000300. The standard InChI is InChI=1S/C21H24Cl2N4O.HI/c1-14(18-9-8-17(22)11-19(18)23)26-21(24)25-10-4-7-20(28)27-12-15-5-2-3-6-16(15)13-27;/h2-3,5-6,8-9,11,14H,4,7,10,12-13H2,1H3,(H3,24,25,26);1H. The summed E-state index contributed by atoms with van der Waals surface area (Å²) in [6.45, 7) is 3.83. The van der Waals surface area contributed by atoms with E-state index >= 15 is 0 Å². The molecule has 0 spiro atoms. The molecular weight excluding hydrogens is 522 g/mol. The van der Waals surface area contributed by atoms with Crippen molar-refractivity contribution < 1.29 is 4.79 Å². The monoisotopic (exact) mass is 546 g/mol. The molecule has 1 atom stereocenters. The Hall–Kier alpha value is -1.51. The lowest BCUT2D eigenvalue weighted by Crippen LogP contribution is -2.34. The van der Waals surface area contributed by atoms with Crippen LogP contribution in [0.5, 0.6) is 0 Å². The number of nitrogens with one attached hydrogen (secondary N) is 1. The Morgan fingerprint density at radius 2 is 1.86 bits per heavy atom. The van der Waals surface area contributed by atoms with E-state index in [1.165, 1.54) is 11.1 Å². The summed E-state index contributed by atoms with van der Waals surface area (Å²) in [4.78, 5) is 18.6. The zero-order valence-corrected chi connectivity index (χ0v) is 20.0. The summed E-state index contributed by atoms with van der Waals surface area (Å²) in [7, 11) is 0. The molecule has 0 saturated carbocycles. The van der Waals surface area contributed by atoms with Gasteiger partial charge in [-0.3, -0.25) is 9.79 Å². The van der Waals surface area contributed by atoms with Crippen LogP contribution in [0.4, 0.5) is 0 Å². The van der Waals surface area contributed by atoms with Crippen molar-refractivity contribution in [3.05, 3.63) is 69.2 Å². The molecule has 0 aromatic heterocycles. The number of aliphatic imine (C=N–C) groups is 1. The molecule has 3 N–H and O–H groups in total. The maximum atomic E-state index is 12.4. The van der Waals surface area contributed by atoms with E-state index in [1.807, 2.05) is 30.0 Å². The van der Waals surface area contributed by atoms with E-state index in [2.05, 4.69) is 22.4 Å². The molecular formula is C21H25Cl2IN4O. The Bertz CT molecular complexity index is 866. The maximum absolute atomic E-state index is 12.4. The summed E-state index contributed by atoms with van der Waals surface area (Å²) in [5.41, 5.74) is 9.33. The van der Waals surface area contributed by atoms with Crippen molar-refractivity contribution in [2.45, 2.75) is 38.9 Å². The van der Waals surface area contributed by atoms with E-state index in [4.69, 9.17) is 28.9 Å². The Labute approximate surface area is 198 Å². The van der Waals surface area contributed by atoms with E-state index in [9.17, 15) is 4.79 Å². The van der Waals surface area contributed by atoms with Gasteiger partial charge in [0.2, 0.25) is 5.91 Å². The second-order valence-electron chi connectivity index (χ2n) is 6.92. The average Bonchev–Trinajstić information content (AvgIpc) is 3.09. The number of benzene rings is 2. The van der Waals surface area contributed by atoms with Crippen molar-refractivity contribution in [3.8, 4) is 0 Å². The molecule has 0 bridgehead atoms. The minimum absolute atomic E-state index is 0. The van der Waals surface area contributed by atoms with E-state index in [0.29, 0.717) is 48.5 Å². The fraction of sp³-hybridized carbons (Fsp3) is 0.333. The summed E-state index contributed by atoms with van der Waals surface area (Å²) in [5, 5.41) is 4.29. The Morgan fingerprint density at radius 3 is 2.48 bits per heavy atom. The molecule has 0 radical (unpaired) electrons. The molecule has 0 aliphatic carbocycles. The smallest absolute Gasteiger partial charge is 0.223 e. The van der Waals surface area contributed by atoms with Crippen LogP contribution in [0, 0.1) is 0 Å². The molecule has 1 aliphatic rings. The minimum Gasteiger partial charge on any atom is -0.370 e. The highest BCUT2D eigenvalue weighted by Crippen LogP contribution is 2.26. The van der Waals surface area contributed by atoms with Crippen LogP contribution < -0.4 is 11.1 Å². The first-order valence-electron chi connectivity index (χ1n) is 9.30. The van der Waals surface area contributed by atoms with Gasteiger partial charge in [-0.05, 0) is 42.2 Å². The molecule has 5 nitrogen and oxygen atoms in total. The van der Waals surface area contributed by atoms with Crippen LogP contribution in [0.3, 0.4) is 0 Å². The highest BCUT2D eigenvalue weighted by Gasteiger charge is 2.22. The summed E-state index contributed by atoms with van der Waals surface area (Å²) in [6, 6.07) is 13.4. The van der Waals surface area contributed by atoms with Gasteiger partial charge in [0.15, 0.2) is 5.96 Å². The summed E-state index contributed by atoms with van der Waals surface area (Å²) in [5.74, 6) is 0.485. The lowest BCUT2D eigenvalue weighted by atomic mass is 10.1. The van der Waals surface area contributed by atoms with Crippen LogP contribution in [0.15, 0.2) is 47.5 Å². The first kappa shape index (κ1) is 23.8. The van der Waals surface area contributed by atoms with Crippen LogP contribution in [0.25, 0.3) is 0 Å². The molecule has 29 heavy (non-hydrogen) atoms. The molecule has 1 unspecified atom stereocenters. The van der Waals surface area contributed by atoms with Gasteiger partial charge in [0.25, 0.3) is 0 Å². The second-order valence-corrected chi connectivity index (χ2v) is 7.76. The van der Waals surface area contributed by atoms with Gasteiger partial charge in [-0.15, -0.1) is 24.0 Å². The topological polar surface area (TPSA) is 70.7 Å². The second kappa shape index (κ2) is 11.0. The molecule has 156 valence electrons. The molecule has 8 heteroatoms. The number of nitrogens with zero attached hydrogens (tertiary/aromatic N) is 2. The predicted octanol–water partition coefficient (Wildman–Crippen LogP) is 4.90. The third-order valence-corrected chi connectivity index (χ3v) is 5.38. The molecule has 0 saturated heterocycles. The van der Waals surface area contributed by atoms with E-state index in [-0.39, 0.29) is 35.9 Å². The Morgan fingerprint density at radius 1 is 1.21 bits per heavy atom. The number of rotatable bonds is 6. The first-order valence-corrected chi connectivity index (χ1v) is 10.1. The highest BCUT2D eigenvalue weighted by molar-refractivity contribution is 14.0. The van der Waals surface area contributed by atoms with Crippen molar-refractivity contribution in [1.82, 2.24) is 10.2 Å². The van der Waals surface area contributed by atoms with Gasteiger partial charge in [-0.25, -0.2) is 0 Å². The van der Waals surface area contributed by atoms with Crippen molar-refractivity contribution in [2.24, 2.45) is 10.7 Å². The minimum atomic E-state index is -0.0988. The molecule has 1 heterocycles. The molecule has 2 aromatic carbocycles. The normalized spacial score (nSPS) is 14.2. The largest absolute Gasteiger partial charge is 0.370 e. The summed E-state index contributed by atoms with van der Waals surface area (Å²) < 4.78 is 0. The Kier molecular flexibility index (Phi) is 9.04. The van der Waals surface area contributed by atoms with Crippen molar-refractivity contribution in [2.75, 3.05) is 6.54 Å². The van der Waals surface area contributed by atoms with E-state index in [1.54, 1.807) is 12.1 Å². The highest BCUT2D eigenvalue weighted by atomic mass is 127. The molecule has 1 aliphatic heterocycles. The van der Waals surface area contributed by atoms with Gasteiger partial charge < -0.3 is 16.0 Å². The van der Waals surface area contributed by atoms with Crippen LogP contribution in [0.2, 0.25) is 10.0 Å². The van der Waals surface area contributed by atoms with Crippen molar-refractivity contribution in [3.63, 3.8) is 0 Å². The zero-order chi connectivity index (χ0) is 20.1. The number of nitrogens with two attached hydrogens (primary N) is 1. The van der Waals surface area contributed by atoms with Gasteiger partial charge in [-0.2, -0.15) is 0 Å². The average molecular weight is 547 g/mol. The molecule has 2 aromatic rings. The van der Waals surface area contributed by atoms with Gasteiger partial charge in [0, 0.05) is 36.1 Å². The van der Waals surface area contributed by atoms with Gasteiger partial charge >= 0.3 is 0 Å². The first-order chi connectivity index (χ1) is 13.4. The van der Waals surface area contributed by atoms with Crippen molar-refractivity contribution in [1.29, 1.82) is 0 Å².